The number of aryl methyl sites for hydroxylation is 1. The molecule has 214 valence electrons. The Morgan fingerprint density at radius 3 is 2.79 bits per heavy atom. The third-order valence-corrected chi connectivity index (χ3v) is 6.88. The van der Waals surface area contributed by atoms with Crippen LogP contribution in [0.1, 0.15) is 49.3 Å². The van der Waals surface area contributed by atoms with E-state index in [2.05, 4.69) is 35.0 Å². The molecule has 39 heavy (non-hydrogen) atoms. The second kappa shape index (κ2) is 16.2. The molecule has 1 unspecified atom stereocenters. The number of aliphatic hydroxyl groups excluding tert-OH is 1. The van der Waals surface area contributed by atoms with Crippen molar-refractivity contribution >= 4 is 11.8 Å². The van der Waals surface area contributed by atoms with E-state index in [1.165, 1.54) is 24.8 Å². The van der Waals surface area contributed by atoms with Gasteiger partial charge in [0.05, 0.1) is 31.3 Å². The SMILES string of the molecule is CCc1cccc(CNC[C@@H](O)[C@@H]2Cc3cc(F)cc(c3)OCCCCNC(=O)CCC(COC)C(=O)N2)c1. The Hall–Kier alpha value is -3.01. The van der Waals surface area contributed by atoms with Gasteiger partial charge in [-0.15, -0.1) is 0 Å². The maximum absolute atomic E-state index is 14.5. The summed E-state index contributed by atoms with van der Waals surface area (Å²) in [6.45, 7) is 3.92. The van der Waals surface area contributed by atoms with Gasteiger partial charge in [-0.3, -0.25) is 9.59 Å². The highest BCUT2D eigenvalue weighted by Crippen LogP contribution is 2.20. The molecule has 0 aliphatic carbocycles. The number of methoxy groups -OCH3 is 1. The molecular formula is C30H42FN3O5. The lowest BCUT2D eigenvalue weighted by Crippen LogP contribution is -2.50. The zero-order valence-corrected chi connectivity index (χ0v) is 23.0. The summed E-state index contributed by atoms with van der Waals surface area (Å²) in [6, 6.07) is 12.0. The van der Waals surface area contributed by atoms with Gasteiger partial charge in [-0.2, -0.15) is 0 Å². The molecule has 0 fully saturated rings. The molecule has 2 aromatic rings. The summed E-state index contributed by atoms with van der Waals surface area (Å²) < 4.78 is 25.5. The quantitative estimate of drug-likeness (QED) is 0.408. The number of carbonyl (C=O) groups excluding carboxylic acids is 2. The largest absolute Gasteiger partial charge is 0.493 e. The molecule has 2 amide bonds. The minimum Gasteiger partial charge on any atom is -0.493 e. The molecule has 0 saturated heterocycles. The van der Waals surface area contributed by atoms with Crippen molar-refractivity contribution in [3.63, 3.8) is 0 Å². The number of hydrogen-bond acceptors (Lipinski definition) is 6. The molecule has 0 aromatic heterocycles. The summed E-state index contributed by atoms with van der Waals surface area (Å²) in [4.78, 5) is 25.6. The van der Waals surface area contributed by atoms with Crippen LogP contribution in [0, 0.1) is 11.7 Å². The molecule has 3 atom stereocenters. The summed E-state index contributed by atoms with van der Waals surface area (Å²) in [6.07, 6.45) is 2.11. The van der Waals surface area contributed by atoms with Crippen molar-refractivity contribution in [1.82, 2.24) is 16.0 Å². The molecule has 1 aliphatic rings. The number of hydrogen-bond donors (Lipinski definition) is 4. The van der Waals surface area contributed by atoms with Crippen LogP contribution in [0.5, 0.6) is 5.75 Å². The fourth-order valence-electron chi connectivity index (χ4n) is 4.66. The highest BCUT2D eigenvalue weighted by molar-refractivity contribution is 5.81. The molecule has 9 heteroatoms. The van der Waals surface area contributed by atoms with Crippen molar-refractivity contribution < 1.29 is 28.6 Å². The predicted molar refractivity (Wildman–Crippen MR) is 148 cm³/mol. The lowest BCUT2D eigenvalue weighted by molar-refractivity contribution is -0.129. The number of nitrogens with one attached hydrogen (secondary N) is 3. The van der Waals surface area contributed by atoms with Crippen LogP contribution >= 0.6 is 0 Å². The van der Waals surface area contributed by atoms with Crippen molar-refractivity contribution in [3.05, 3.63) is 65.0 Å². The van der Waals surface area contributed by atoms with Gasteiger partial charge in [-0.1, -0.05) is 31.2 Å². The molecule has 2 aromatic carbocycles. The monoisotopic (exact) mass is 543 g/mol. The second-order valence-corrected chi connectivity index (χ2v) is 10.1. The molecule has 0 radical (unpaired) electrons. The summed E-state index contributed by atoms with van der Waals surface area (Å²) in [7, 11) is 1.51. The number of fused-ring (bicyclic) bond motifs is 2. The van der Waals surface area contributed by atoms with Crippen molar-refractivity contribution in [3.8, 4) is 5.75 Å². The number of aliphatic hydroxyl groups is 1. The highest BCUT2D eigenvalue weighted by Gasteiger charge is 2.27. The third-order valence-electron chi connectivity index (χ3n) is 6.88. The van der Waals surface area contributed by atoms with E-state index in [4.69, 9.17) is 9.47 Å². The fraction of sp³-hybridized carbons (Fsp3) is 0.533. The van der Waals surface area contributed by atoms with Gasteiger partial charge in [0, 0.05) is 39.2 Å². The number of rotatable bonds is 8. The number of halogens is 1. The summed E-state index contributed by atoms with van der Waals surface area (Å²) >= 11 is 0. The zero-order chi connectivity index (χ0) is 28.0. The Bertz CT molecular complexity index is 1070. The van der Waals surface area contributed by atoms with Crippen molar-refractivity contribution in [1.29, 1.82) is 0 Å². The van der Waals surface area contributed by atoms with Crippen molar-refractivity contribution in [2.45, 2.75) is 64.1 Å². The summed E-state index contributed by atoms with van der Waals surface area (Å²) in [5, 5.41) is 20.2. The van der Waals surface area contributed by atoms with Crippen LogP contribution in [0.15, 0.2) is 42.5 Å². The van der Waals surface area contributed by atoms with Crippen LogP contribution in [0.4, 0.5) is 4.39 Å². The van der Waals surface area contributed by atoms with Gasteiger partial charge in [0.15, 0.2) is 0 Å². The number of benzene rings is 2. The van der Waals surface area contributed by atoms with E-state index in [1.54, 1.807) is 6.07 Å². The van der Waals surface area contributed by atoms with Gasteiger partial charge >= 0.3 is 0 Å². The van der Waals surface area contributed by atoms with Crippen LogP contribution in [0.2, 0.25) is 0 Å². The first-order valence-corrected chi connectivity index (χ1v) is 13.8. The van der Waals surface area contributed by atoms with Crippen LogP contribution in [-0.4, -0.2) is 62.5 Å². The standard InChI is InChI=1S/C30H42FN3O5/c1-3-21-7-6-8-22(13-21)18-32-19-28(35)27-16-23-14-25(31)17-26(15-23)39-12-5-4-11-33-29(36)10-9-24(20-38-2)30(37)34-27/h6-8,13-15,17,24,27-28,32,35H,3-5,9-12,16,18-20H2,1-2H3,(H,33,36)(H,34,37)/t24?,27-,28+/m0/s1. The molecule has 2 bridgehead atoms. The van der Waals surface area contributed by atoms with Crippen molar-refractivity contribution in [2.24, 2.45) is 5.92 Å². The van der Waals surface area contributed by atoms with Gasteiger partial charge in [0.2, 0.25) is 11.8 Å². The molecule has 4 N–H and O–H groups in total. The van der Waals surface area contributed by atoms with Gasteiger partial charge in [0.1, 0.15) is 11.6 Å². The lowest BCUT2D eigenvalue weighted by atomic mass is 9.97. The van der Waals surface area contributed by atoms with Crippen LogP contribution < -0.4 is 20.7 Å². The van der Waals surface area contributed by atoms with Gasteiger partial charge in [-0.25, -0.2) is 4.39 Å². The van der Waals surface area contributed by atoms with Crippen LogP contribution in [0.25, 0.3) is 0 Å². The van der Waals surface area contributed by atoms with Crippen LogP contribution in [0.3, 0.4) is 0 Å². The van der Waals surface area contributed by atoms with Crippen LogP contribution in [-0.2, 0) is 33.7 Å². The Morgan fingerprint density at radius 1 is 1.18 bits per heavy atom. The molecule has 3 rings (SSSR count). The Labute approximate surface area is 230 Å². The fourth-order valence-corrected chi connectivity index (χ4v) is 4.66. The molecule has 0 spiro atoms. The van der Waals surface area contributed by atoms with E-state index in [1.807, 2.05) is 12.1 Å². The average Bonchev–Trinajstić information content (AvgIpc) is 2.91. The molecule has 1 aliphatic heterocycles. The number of amides is 2. The topological polar surface area (TPSA) is 109 Å². The van der Waals surface area contributed by atoms with E-state index in [-0.39, 0.29) is 37.8 Å². The maximum Gasteiger partial charge on any atom is 0.225 e. The first-order valence-electron chi connectivity index (χ1n) is 13.8. The summed E-state index contributed by atoms with van der Waals surface area (Å²) in [5.74, 6) is -1.07. The second-order valence-electron chi connectivity index (χ2n) is 10.1. The minimum absolute atomic E-state index is 0.129. The van der Waals surface area contributed by atoms with E-state index < -0.39 is 23.9 Å². The maximum atomic E-state index is 14.5. The Morgan fingerprint density at radius 2 is 2.00 bits per heavy atom. The average molecular weight is 544 g/mol. The molecule has 8 nitrogen and oxygen atoms in total. The third kappa shape index (κ3) is 10.6. The van der Waals surface area contributed by atoms with E-state index >= 15 is 0 Å². The summed E-state index contributed by atoms with van der Waals surface area (Å²) in [5.41, 5.74) is 2.94. The van der Waals surface area contributed by atoms with E-state index in [0.717, 1.165) is 18.4 Å². The highest BCUT2D eigenvalue weighted by atomic mass is 19.1. The smallest absolute Gasteiger partial charge is 0.225 e. The Kier molecular flexibility index (Phi) is 12.7. The number of ether oxygens (including phenoxy) is 2. The first kappa shape index (κ1) is 30.5. The predicted octanol–water partition coefficient (Wildman–Crippen LogP) is 2.90. The lowest BCUT2D eigenvalue weighted by Gasteiger charge is -2.27. The molecule has 0 saturated carbocycles. The Balaban J connectivity index is 1.77. The first-order chi connectivity index (χ1) is 18.9. The normalized spacial score (nSPS) is 20.3. The van der Waals surface area contributed by atoms with E-state index in [0.29, 0.717) is 43.9 Å². The van der Waals surface area contributed by atoms with Crippen molar-refractivity contribution in [2.75, 3.05) is 33.4 Å². The van der Waals surface area contributed by atoms with Gasteiger partial charge in [0.25, 0.3) is 0 Å². The molecule has 1 heterocycles. The van der Waals surface area contributed by atoms with Gasteiger partial charge < -0.3 is 30.5 Å². The molecular weight excluding hydrogens is 501 g/mol. The zero-order valence-electron chi connectivity index (χ0n) is 23.0. The van der Waals surface area contributed by atoms with Gasteiger partial charge in [-0.05, 0) is 60.9 Å². The number of carbonyl (C=O) groups is 2. The van der Waals surface area contributed by atoms with E-state index in [9.17, 15) is 19.1 Å². The minimum atomic E-state index is -0.954.